The molecule has 0 unspecified atom stereocenters. The predicted octanol–water partition coefficient (Wildman–Crippen LogP) is 2.27. The molecule has 5 nitrogen and oxygen atoms in total. The van der Waals surface area contributed by atoms with E-state index in [1.54, 1.807) is 0 Å². The first-order valence-corrected chi connectivity index (χ1v) is 6.75. The molecule has 0 saturated heterocycles. The smallest absolute Gasteiger partial charge is 0.121 e. The summed E-state index contributed by atoms with van der Waals surface area (Å²) >= 11 is 0. The SMILES string of the molecule is Cc1ncc(CNc2cccc(OCCN(C)C)c2)[nH]1. The first-order valence-electron chi connectivity index (χ1n) is 6.75. The fourth-order valence-electron chi connectivity index (χ4n) is 1.80. The van der Waals surface area contributed by atoms with E-state index in [2.05, 4.69) is 20.2 Å². The third-order valence-corrected chi connectivity index (χ3v) is 2.88. The molecule has 1 aromatic heterocycles. The minimum Gasteiger partial charge on any atom is -0.492 e. The predicted molar refractivity (Wildman–Crippen MR) is 81.1 cm³/mol. The van der Waals surface area contributed by atoms with Gasteiger partial charge >= 0.3 is 0 Å². The number of hydrogen-bond acceptors (Lipinski definition) is 4. The van der Waals surface area contributed by atoms with Gasteiger partial charge in [-0.05, 0) is 33.2 Å². The summed E-state index contributed by atoms with van der Waals surface area (Å²) < 4.78 is 5.71. The number of aromatic nitrogens is 2. The van der Waals surface area contributed by atoms with E-state index in [0.717, 1.165) is 36.0 Å². The molecule has 2 N–H and O–H groups in total. The summed E-state index contributed by atoms with van der Waals surface area (Å²) in [5.74, 6) is 1.82. The molecule has 2 aromatic rings. The molecular weight excluding hydrogens is 252 g/mol. The van der Waals surface area contributed by atoms with E-state index in [-0.39, 0.29) is 0 Å². The number of nitrogens with zero attached hydrogens (tertiary/aromatic N) is 2. The molecule has 0 aliphatic carbocycles. The Kier molecular flexibility index (Phi) is 5.01. The van der Waals surface area contributed by atoms with Crippen LogP contribution in [0.2, 0.25) is 0 Å². The molecule has 0 aliphatic rings. The molecule has 1 heterocycles. The topological polar surface area (TPSA) is 53.2 Å². The lowest BCUT2D eigenvalue weighted by atomic mass is 10.3. The zero-order chi connectivity index (χ0) is 14.4. The molecule has 0 aliphatic heterocycles. The Bertz CT molecular complexity index is 536. The van der Waals surface area contributed by atoms with Crippen LogP contribution < -0.4 is 10.1 Å². The van der Waals surface area contributed by atoms with Crippen molar-refractivity contribution >= 4 is 5.69 Å². The summed E-state index contributed by atoms with van der Waals surface area (Å²) in [5, 5.41) is 3.35. The van der Waals surface area contributed by atoms with Gasteiger partial charge in [-0.15, -0.1) is 0 Å². The minimum atomic E-state index is 0.691. The number of H-pyrrole nitrogens is 1. The average molecular weight is 274 g/mol. The highest BCUT2D eigenvalue weighted by atomic mass is 16.5. The molecular formula is C15H22N4O. The summed E-state index contributed by atoms with van der Waals surface area (Å²) in [5.41, 5.74) is 2.11. The van der Waals surface area contributed by atoms with Crippen LogP contribution in [0.5, 0.6) is 5.75 Å². The largest absolute Gasteiger partial charge is 0.492 e. The lowest BCUT2D eigenvalue weighted by Crippen LogP contribution is -2.19. The van der Waals surface area contributed by atoms with Crippen LogP contribution >= 0.6 is 0 Å². The van der Waals surface area contributed by atoms with Crippen molar-refractivity contribution in [1.82, 2.24) is 14.9 Å². The number of imidazole rings is 1. The van der Waals surface area contributed by atoms with E-state index in [1.807, 2.05) is 51.5 Å². The molecule has 108 valence electrons. The van der Waals surface area contributed by atoms with Crippen molar-refractivity contribution in [2.45, 2.75) is 13.5 Å². The van der Waals surface area contributed by atoms with E-state index >= 15 is 0 Å². The maximum atomic E-state index is 5.71. The first-order chi connectivity index (χ1) is 9.63. The van der Waals surface area contributed by atoms with Gasteiger partial charge in [-0.1, -0.05) is 6.07 Å². The molecule has 2 rings (SSSR count). The van der Waals surface area contributed by atoms with Crippen LogP contribution in [0.4, 0.5) is 5.69 Å². The number of likely N-dealkylation sites (N-methyl/N-ethyl adjacent to an activating group) is 1. The third-order valence-electron chi connectivity index (χ3n) is 2.88. The van der Waals surface area contributed by atoms with E-state index in [9.17, 15) is 0 Å². The molecule has 0 fully saturated rings. The number of aromatic amines is 1. The summed E-state index contributed by atoms with van der Waals surface area (Å²) in [6.45, 7) is 4.27. The van der Waals surface area contributed by atoms with Gasteiger partial charge < -0.3 is 19.9 Å². The second-order valence-corrected chi connectivity index (χ2v) is 5.03. The van der Waals surface area contributed by atoms with Gasteiger partial charge in [0.1, 0.15) is 18.2 Å². The van der Waals surface area contributed by atoms with Crippen molar-refractivity contribution in [2.75, 3.05) is 32.6 Å². The van der Waals surface area contributed by atoms with Crippen molar-refractivity contribution in [3.63, 3.8) is 0 Å². The number of ether oxygens (including phenoxy) is 1. The standard InChI is InChI=1S/C15H22N4O/c1-12-16-10-14(18-12)11-17-13-5-4-6-15(9-13)20-8-7-19(2)3/h4-6,9-10,17H,7-8,11H2,1-3H3,(H,16,18). The third kappa shape index (κ3) is 4.59. The molecule has 0 atom stereocenters. The second kappa shape index (κ2) is 6.96. The van der Waals surface area contributed by atoms with Crippen molar-refractivity contribution in [3.8, 4) is 5.75 Å². The summed E-state index contributed by atoms with van der Waals surface area (Å²) in [6, 6.07) is 8.01. The van der Waals surface area contributed by atoms with Crippen LogP contribution in [0.15, 0.2) is 30.5 Å². The van der Waals surface area contributed by atoms with Crippen LogP contribution in [0, 0.1) is 6.92 Å². The van der Waals surface area contributed by atoms with Gasteiger partial charge in [0, 0.05) is 18.3 Å². The number of anilines is 1. The van der Waals surface area contributed by atoms with Crippen molar-refractivity contribution in [3.05, 3.63) is 42.0 Å². The van der Waals surface area contributed by atoms with Gasteiger partial charge in [0.2, 0.25) is 0 Å². The summed E-state index contributed by atoms with van der Waals surface area (Å²) in [6.07, 6.45) is 1.85. The Morgan fingerprint density at radius 2 is 2.20 bits per heavy atom. The Labute approximate surface area is 120 Å². The first kappa shape index (κ1) is 14.4. The summed E-state index contributed by atoms with van der Waals surface area (Å²) in [7, 11) is 4.07. The molecule has 5 heteroatoms. The van der Waals surface area contributed by atoms with Crippen LogP contribution in [-0.2, 0) is 6.54 Å². The van der Waals surface area contributed by atoms with Gasteiger partial charge in [0.15, 0.2) is 0 Å². The molecule has 0 amide bonds. The Hall–Kier alpha value is -2.01. The van der Waals surface area contributed by atoms with Crippen LogP contribution in [-0.4, -0.2) is 42.1 Å². The minimum absolute atomic E-state index is 0.691. The maximum absolute atomic E-state index is 5.71. The number of nitrogens with one attached hydrogen (secondary N) is 2. The van der Waals surface area contributed by atoms with Crippen molar-refractivity contribution in [1.29, 1.82) is 0 Å². The maximum Gasteiger partial charge on any atom is 0.121 e. The molecule has 20 heavy (non-hydrogen) atoms. The van der Waals surface area contributed by atoms with Gasteiger partial charge in [-0.2, -0.15) is 0 Å². The monoisotopic (exact) mass is 274 g/mol. The van der Waals surface area contributed by atoms with E-state index in [0.29, 0.717) is 6.61 Å². The summed E-state index contributed by atoms with van der Waals surface area (Å²) in [4.78, 5) is 9.48. The fraction of sp³-hybridized carbons (Fsp3) is 0.400. The van der Waals surface area contributed by atoms with Crippen LogP contribution in [0.1, 0.15) is 11.5 Å². The number of rotatable bonds is 7. The van der Waals surface area contributed by atoms with Gasteiger partial charge in [0.25, 0.3) is 0 Å². The number of benzene rings is 1. The quantitative estimate of drug-likeness (QED) is 0.813. The Morgan fingerprint density at radius 3 is 2.90 bits per heavy atom. The Morgan fingerprint density at radius 1 is 1.35 bits per heavy atom. The fourth-order valence-corrected chi connectivity index (χ4v) is 1.80. The highest BCUT2D eigenvalue weighted by molar-refractivity contribution is 5.48. The second-order valence-electron chi connectivity index (χ2n) is 5.03. The van der Waals surface area contributed by atoms with Gasteiger partial charge in [0.05, 0.1) is 18.4 Å². The average Bonchev–Trinajstić information content (AvgIpc) is 2.82. The van der Waals surface area contributed by atoms with E-state index < -0.39 is 0 Å². The lowest BCUT2D eigenvalue weighted by Gasteiger charge is -2.12. The molecule has 0 bridgehead atoms. The number of hydrogen-bond donors (Lipinski definition) is 2. The zero-order valence-corrected chi connectivity index (χ0v) is 12.3. The zero-order valence-electron chi connectivity index (χ0n) is 12.3. The highest BCUT2D eigenvalue weighted by Crippen LogP contribution is 2.17. The molecule has 0 spiro atoms. The van der Waals surface area contributed by atoms with E-state index in [1.165, 1.54) is 0 Å². The van der Waals surface area contributed by atoms with Crippen LogP contribution in [0.3, 0.4) is 0 Å². The van der Waals surface area contributed by atoms with Gasteiger partial charge in [-0.25, -0.2) is 4.98 Å². The normalized spacial score (nSPS) is 10.8. The lowest BCUT2D eigenvalue weighted by molar-refractivity contribution is 0.261. The van der Waals surface area contributed by atoms with E-state index in [4.69, 9.17) is 4.74 Å². The molecule has 0 saturated carbocycles. The van der Waals surface area contributed by atoms with Crippen molar-refractivity contribution in [2.24, 2.45) is 0 Å². The Balaban J connectivity index is 1.85. The molecule has 0 radical (unpaired) electrons. The van der Waals surface area contributed by atoms with Crippen LogP contribution in [0.25, 0.3) is 0 Å². The highest BCUT2D eigenvalue weighted by Gasteiger charge is 2.00. The van der Waals surface area contributed by atoms with Gasteiger partial charge in [-0.3, -0.25) is 0 Å². The van der Waals surface area contributed by atoms with Crippen molar-refractivity contribution < 1.29 is 4.74 Å². The number of aryl methyl sites for hydroxylation is 1. The molecule has 1 aromatic carbocycles.